The van der Waals surface area contributed by atoms with Gasteiger partial charge in [-0.25, -0.2) is 8.42 Å². The molecule has 106 valence electrons. The zero-order valence-corrected chi connectivity index (χ0v) is 11.8. The Morgan fingerprint density at radius 3 is 2.60 bits per heavy atom. The van der Waals surface area contributed by atoms with Crippen molar-refractivity contribution in [3.8, 4) is 0 Å². The molecule has 2 atom stereocenters. The lowest BCUT2D eigenvalue weighted by molar-refractivity contribution is -0.148. The van der Waals surface area contributed by atoms with Crippen LogP contribution in [0.3, 0.4) is 0 Å². The van der Waals surface area contributed by atoms with Gasteiger partial charge in [0.15, 0.2) is 0 Å². The van der Waals surface area contributed by atoms with Gasteiger partial charge in [0.1, 0.15) is 12.1 Å². The van der Waals surface area contributed by atoms with Crippen LogP contribution in [-0.4, -0.2) is 37.4 Å². The highest BCUT2D eigenvalue weighted by Crippen LogP contribution is 2.31. The quantitative estimate of drug-likeness (QED) is 0.788. The van der Waals surface area contributed by atoms with Gasteiger partial charge >= 0.3 is 5.97 Å². The SMILES string of the molecule is Cc1ccc(/C=C/S(=O)(=O)N2C[C@H]3C[C@@H]2C(=O)O3)cc1. The summed E-state index contributed by atoms with van der Waals surface area (Å²) in [4.78, 5) is 11.5. The number of aryl methyl sites for hydroxylation is 1. The van der Waals surface area contributed by atoms with E-state index in [4.69, 9.17) is 4.74 Å². The molecular formula is C14H15NO4S. The van der Waals surface area contributed by atoms with E-state index in [9.17, 15) is 13.2 Å². The number of benzene rings is 1. The van der Waals surface area contributed by atoms with Gasteiger partial charge in [-0.1, -0.05) is 29.8 Å². The third kappa shape index (κ3) is 2.36. The van der Waals surface area contributed by atoms with Crippen LogP contribution in [0.15, 0.2) is 29.7 Å². The summed E-state index contributed by atoms with van der Waals surface area (Å²) in [6, 6.07) is 6.90. The molecule has 2 bridgehead atoms. The highest BCUT2D eigenvalue weighted by molar-refractivity contribution is 7.92. The predicted molar refractivity (Wildman–Crippen MR) is 74.1 cm³/mol. The summed E-state index contributed by atoms with van der Waals surface area (Å²) in [5, 5.41) is 1.16. The standard InChI is InChI=1S/C14H15NO4S/c1-10-2-4-11(5-3-10)6-7-20(17,18)15-9-12-8-13(15)14(16)19-12/h2-7,12-13H,8-9H2,1H3/b7-6+/t12-,13-/m1/s1. The highest BCUT2D eigenvalue weighted by Gasteiger charge is 2.50. The summed E-state index contributed by atoms with van der Waals surface area (Å²) < 4.78 is 30.7. The Morgan fingerprint density at radius 1 is 1.30 bits per heavy atom. The van der Waals surface area contributed by atoms with E-state index < -0.39 is 22.0 Å². The van der Waals surface area contributed by atoms with E-state index in [2.05, 4.69) is 0 Å². The second kappa shape index (κ2) is 4.71. The number of carbonyl (C=O) groups excluding carboxylic acids is 1. The van der Waals surface area contributed by atoms with Gasteiger partial charge in [-0.3, -0.25) is 4.79 Å². The summed E-state index contributed by atoms with van der Waals surface area (Å²) in [5.74, 6) is -0.437. The van der Waals surface area contributed by atoms with Crippen LogP contribution in [0.5, 0.6) is 0 Å². The minimum Gasteiger partial charge on any atom is -0.460 e. The number of hydrogen-bond donors (Lipinski definition) is 0. The minimum absolute atomic E-state index is 0.261. The first-order valence-corrected chi connectivity index (χ1v) is 7.93. The van der Waals surface area contributed by atoms with Crippen molar-refractivity contribution in [2.75, 3.05) is 6.54 Å². The minimum atomic E-state index is -3.58. The molecule has 0 radical (unpaired) electrons. The molecule has 0 aromatic heterocycles. The first kappa shape index (κ1) is 13.3. The Bertz CT molecular complexity index is 663. The van der Waals surface area contributed by atoms with Crippen molar-refractivity contribution < 1.29 is 17.9 Å². The summed E-state index contributed by atoms with van der Waals surface area (Å²) >= 11 is 0. The molecule has 3 rings (SSSR count). The molecule has 2 aliphatic rings. The van der Waals surface area contributed by atoms with Crippen LogP contribution in [0, 0.1) is 6.92 Å². The van der Waals surface area contributed by atoms with Crippen molar-refractivity contribution in [3.05, 3.63) is 40.8 Å². The van der Waals surface area contributed by atoms with Crippen molar-refractivity contribution in [3.63, 3.8) is 0 Å². The Kier molecular flexibility index (Phi) is 3.14. The Morgan fingerprint density at radius 2 is 2.00 bits per heavy atom. The maximum atomic E-state index is 12.2. The maximum absolute atomic E-state index is 12.2. The molecule has 0 aliphatic carbocycles. The average Bonchev–Trinajstić information content (AvgIpc) is 2.97. The van der Waals surface area contributed by atoms with E-state index in [0.29, 0.717) is 6.42 Å². The lowest BCUT2D eigenvalue weighted by atomic mass is 10.2. The predicted octanol–water partition coefficient (Wildman–Crippen LogP) is 1.30. The van der Waals surface area contributed by atoms with E-state index in [1.807, 2.05) is 31.2 Å². The van der Waals surface area contributed by atoms with E-state index in [1.165, 1.54) is 4.31 Å². The zero-order chi connectivity index (χ0) is 14.3. The van der Waals surface area contributed by atoms with Crippen LogP contribution < -0.4 is 0 Å². The molecule has 1 aromatic carbocycles. The molecule has 2 aliphatic heterocycles. The summed E-state index contributed by atoms with van der Waals surface area (Å²) in [7, 11) is -3.58. The Hall–Kier alpha value is -1.66. The Labute approximate surface area is 117 Å². The van der Waals surface area contributed by atoms with Gasteiger partial charge in [0.25, 0.3) is 0 Å². The van der Waals surface area contributed by atoms with Crippen LogP contribution in [0.2, 0.25) is 0 Å². The fourth-order valence-corrected chi connectivity index (χ4v) is 3.90. The largest absolute Gasteiger partial charge is 0.460 e. The molecule has 2 fully saturated rings. The summed E-state index contributed by atoms with van der Waals surface area (Å²) in [5.41, 5.74) is 1.93. The molecule has 0 saturated carbocycles. The number of ether oxygens (including phenoxy) is 1. The van der Waals surface area contributed by atoms with Gasteiger partial charge in [-0.15, -0.1) is 0 Å². The summed E-state index contributed by atoms with van der Waals surface area (Å²) in [6.45, 7) is 2.23. The molecule has 0 spiro atoms. The van der Waals surface area contributed by atoms with Crippen molar-refractivity contribution in [1.29, 1.82) is 0 Å². The molecular weight excluding hydrogens is 278 g/mol. The smallest absolute Gasteiger partial charge is 0.324 e. The third-order valence-corrected chi connectivity index (χ3v) is 5.15. The fourth-order valence-electron chi connectivity index (χ4n) is 2.51. The molecule has 5 nitrogen and oxygen atoms in total. The van der Waals surface area contributed by atoms with Crippen LogP contribution in [0.1, 0.15) is 17.5 Å². The topological polar surface area (TPSA) is 63.7 Å². The van der Waals surface area contributed by atoms with E-state index >= 15 is 0 Å². The number of morpholine rings is 1. The van der Waals surface area contributed by atoms with Crippen LogP contribution in [0.25, 0.3) is 6.08 Å². The van der Waals surface area contributed by atoms with Crippen molar-refractivity contribution >= 4 is 22.1 Å². The monoisotopic (exact) mass is 293 g/mol. The summed E-state index contributed by atoms with van der Waals surface area (Å²) in [6.07, 6.45) is 1.73. The molecule has 6 heteroatoms. The number of nitrogens with zero attached hydrogens (tertiary/aromatic N) is 1. The molecule has 2 heterocycles. The molecule has 0 unspecified atom stereocenters. The van der Waals surface area contributed by atoms with E-state index in [-0.39, 0.29) is 12.6 Å². The van der Waals surface area contributed by atoms with Crippen LogP contribution >= 0.6 is 0 Å². The number of carbonyl (C=O) groups is 1. The van der Waals surface area contributed by atoms with Gasteiger partial charge in [0, 0.05) is 11.8 Å². The second-order valence-electron chi connectivity index (χ2n) is 5.14. The van der Waals surface area contributed by atoms with Crippen molar-refractivity contribution in [2.45, 2.75) is 25.5 Å². The van der Waals surface area contributed by atoms with Crippen LogP contribution in [0.4, 0.5) is 0 Å². The number of fused-ring (bicyclic) bond motifs is 2. The maximum Gasteiger partial charge on any atom is 0.324 e. The average molecular weight is 293 g/mol. The van der Waals surface area contributed by atoms with Gasteiger partial charge in [-0.05, 0) is 18.6 Å². The van der Waals surface area contributed by atoms with Gasteiger partial charge in [-0.2, -0.15) is 4.31 Å². The van der Waals surface area contributed by atoms with Crippen molar-refractivity contribution in [2.24, 2.45) is 0 Å². The van der Waals surface area contributed by atoms with Gasteiger partial charge < -0.3 is 4.74 Å². The number of hydrogen-bond acceptors (Lipinski definition) is 4. The van der Waals surface area contributed by atoms with E-state index in [0.717, 1.165) is 16.5 Å². The molecule has 20 heavy (non-hydrogen) atoms. The van der Waals surface area contributed by atoms with Gasteiger partial charge in [0.05, 0.1) is 6.54 Å². The number of esters is 1. The van der Waals surface area contributed by atoms with Gasteiger partial charge in [0.2, 0.25) is 10.0 Å². The van der Waals surface area contributed by atoms with Crippen molar-refractivity contribution in [1.82, 2.24) is 4.31 Å². The molecule has 1 aromatic rings. The molecule has 2 saturated heterocycles. The normalized spacial score (nSPS) is 26.4. The molecule has 0 N–H and O–H groups in total. The first-order valence-electron chi connectivity index (χ1n) is 6.43. The highest BCUT2D eigenvalue weighted by atomic mass is 32.2. The molecule has 0 amide bonds. The first-order chi connectivity index (χ1) is 9.45. The lowest BCUT2D eigenvalue weighted by Gasteiger charge is -2.23. The third-order valence-electron chi connectivity index (χ3n) is 3.61. The zero-order valence-electron chi connectivity index (χ0n) is 11.0. The lowest BCUT2D eigenvalue weighted by Crippen LogP contribution is -2.43. The van der Waals surface area contributed by atoms with E-state index in [1.54, 1.807) is 6.08 Å². The second-order valence-corrected chi connectivity index (χ2v) is 6.91. The number of sulfonamides is 1. The van der Waals surface area contributed by atoms with Crippen LogP contribution in [-0.2, 0) is 19.6 Å². The Balaban J connectivity index is 1.79. The fraction of sp³-hybridized carbons (Fsp3) is 0.357. The number of rotatable bonds is 3.